The molecule has 288 valence electrons. The minimum Gasteiger partial charge on any atom is -0.481 e. The van der Waals surface area contributed by atoms with Crippen molar-refractivity contribution < 1.29 is 29.1 Å². The Morgan fingerprint density at radius 1 is 0.500 bits per heavy atom. The summed E-state index contributed by atoms with van der Waals surface area (Å²) >= 11 is -2.69. The van der Waals surface area contributed by atoms with Crippen LogP contribution in [-0.4, -0.2) is 32.5 Å². The van der Waals surface area contributed by atoms with E-state index in [2.05, 4.69) is 29.1 Å². The lowest BCUT2D eigenvalue weighted by Gasteiger charge is -2.03. The molecule has 0 bridgehead atoms. The van der Waals surface area contributed by atoms with Gasteiger partial charge in [-0.1, -0.05) is 167 Å². The SMILES string of the molecule is CCCCCCCC/C=C\CCCCCCCC(=O)O.CCCCCCCCCCCCCCCCCC(=O)O.CCN=I(=O)C(C)=O.[HH]. The van der Waals surface area contributed by atoms with Crippen molar-refractivity contribution in [1.29, 1.82) is 0 Å². The Kier molecular flexibility index (Phi) is 48.6. The maximum Gasteiger partial charge on any atom is 0.303 e. The Hall–Kier alpha value is -1.32. The molecule has 0 aromatic heterocycles. The van der Waals surface area contributed by atoms with Crippen LogP contribution in [0.15, 0.2) is 15.3 Å². The predicted molar refractivity (Wildman–Crippen MR) is 215 cm³/mol. The van der Waals surface area contributed by atoms with E-state index < -0.39 is 31.6 Å². The third kappa shape index (κ3) is 54.1. The van der Waals surface area contributed by atoms with E-state index in [-0.39, 0.29) is 5.22 Å². The van der Waals surface area contributed by atoms with Gasteiger partial charge in [-0.15, -0.1) is 0 Å². The molecule has 0 aromatic rings. The van der Waals surface area contributed by atoms with Gasteiger partial charge in [-0.25, -0.2) is 3.15 Å². The van der Waals surface area contributed by atoms with Crippen molar-refractivity contribution in [1.82, 2.24) is 0 Å². The lowest BCUT2D eigenvalue weighted by atomic mass is 10.0. The molecular formula is C40H80INO6. The van der Waals surface area contributed by atoms with Gasteiger partial charge in [0, 0.05) is 27.7 Å². The van der Waals surface area contributed by atoms with Gasteiger partial charge in [-0.2, -0.15) is 0 Å². The molecule has 0 amide bonds. The number of allylic oxidation sites excluding steroid dienone is 2. The predicted octanol–water partition coefficient (Wildman–Crippen LogP) is 14.3. The molecule has 0 aliphatic rings. The number of carboxylic acid groups (broad SMARTS) is 2. The molecule has 0 saturated carbocycles. The normalized spacial score (nSPS) is 11.5. The molecule has 48 heavy (non-hydrogen) atoms. The molecule has 0 aliphatic heterocycles. The number of halogens is 1. The minimum atomic E-state index is -2.69. The van der Waals surface area contributed by atoms with Gasteiger partial charge in [0.25, 0.3) is 0 Å². The zero-order valence-electron chi connectivity index (χ0n) is 31.9. The van der Waals surface area contributed by atoms with Gasteiger partial charge in [0.05, 0.1) is 0 Å². The first-order valence-corrected chi connectivity index (χ1v) is 22.8. The fraction of sp³-hybridized carbons (Fsp3) is 0.875. The lowest BCUT2D eigenvalue weighted by Crippen LogP contribution is -1.93. The highest BCUT2D eigenvalue weighted by molar-refractivity contribution is 14.2. The summed E-state index contributed by atoms with van der Waals surface area (Å²) in [5.74, 6) is -1.32. The molecule has 0 rings (SSSR count). The van der Waals surface area contributed by atoms with E-state index in [9.17, 15) is 17.5 Å². The van der Waals surface area contributed by atoms with Crippen molar-refractivity contribution in [2.24, 2.45) is 3.15 Å². The Morgan fingerprint density at radius 3 is 1.00 bits per heavy atom. The van der Waals surface area contributed by atoms with Gasteiger partial charge in [-0.3, -0.25) is 17.5 Å². The maximum absolute atomic E-state index is 10.5. The topological polar surface area (TPSA) is 121 Å². The Labute approximate surface area is 305 Å². The Balaban J connectivity index is -0.000000333. The van der Waals surface area contributed by atoms with Crippen molar-refractivity contribution in [3.05, 3.63) is 12.2 Å². The standard InChI is InChI=1S/C18H36O2.C18H34O2.C4H8INO2.H2/c2*1-2-3-4-5-6-7-8-9-10-11-12-13-14-15-16-17-18(19)20;1-3-6-5(8)4(2)7;/h2-17H2,1H3,(H,19,20);9-10H,2-8,11-17H2,1H3,(H,19,20);3H2,1-2H3;1H/b;10-9-;;. The third-order valence-corrected chi connectivity index (χ3v) is 10.7. The molecule has 0 saturated heterocycles. The van der Waals surface area contributed by atoms with E-state index in [1.807, 2.05) is 0 Å². The van der Waals surface area contributed by atoms with Crippen LogP contribution in [0.25, 0.3) is 0 Å². The Morgan fingerprint density at radius 2 is 0.771 bits per heavy atom. The van der Waals surface area contributed by atoms with Crippen molar-refractivity contribution in [2.45, 2.75) is 220 Å². The zero-order chi connectivity index (χ0) is 36.4. The summed E-state index contributed by atoms with van der Waals surface area (Å²) in [6.45, 7) is 8.11. The van der Waals surface area contributed by atoms with Crippen LogP contribution in [0.2, 0.25) is 0 Å². The van der Waals surface area contributed by atoms with E-state index in [1.165, 1.54) is 161 Å². The quantitative estimate of drug-likeness (QED) is 0.0295. The first-order valence-electron chi connectivity index (χ1n) is 19.9. The molecule has 0 radical (unpaired) electrons. The first-order chi connectivity index (χ1) is 23.2. The van der Waals surface area contributed by atoms with E-state index in [4.69, 9.17) is 10.2 Å². The largest absolute Gasteiger partial charge is 0.481 e. The van der Waals surface area contributed by atoms with Crippen LogP contribution in [0, 0.1) is 0 Å². The van der Waals surface area contributed by atoms with Crippen LogP contribution in [0.5, 0.6) is 0 Å². The van der Waals surface area contributed by atoms with Gasteiger partial charge < -0.3 is 10.2 Å². The fourth-order valence-corrected chi connectivity index (χ4v) is 6.29. The monoisotopic (exact) mass is 798 g/mol. The molecule has 0 heterocycles. The molecule has 0 aromatic carbocycles. The number of hydrogen-bond acceptors (Lipinski definition) is 5. The number of nitrogens with zero attached hydrogens (tertiary/aromatic N) is 1. The summed E-state index contributed by atoms with van der Waals surface area (Å²) in [4.78, 5) is 30.9. The van der Waals surface area contributed by atoms with Gasteiger partial charge >= 0.3 is 11.9 Å². The van der Waals surface area contributed by atoms with E-state index >= 15 is 0 Å². The van der Waals surface area contributed by atoms with Crippen LogP contribution in [-0.2, 0) is 17.5 Å². The number of unbranched alkanes of at least 4 members (excludes halogenated alkanes) is 25. The highest BCUT2D eigenvalue weighted by atomic mass is 127. The van der Waals surface area contributed by atoms with Crippen LogP contribution in [0.4, 0.5) is 0 Å². The van der Waals surface area contributed by atoms with Crippen LogP contribution in [0.3, 0.4) is 0 Å². The molecule has 2 N–H and O–H groups in total. The fourth-order valence-electron chi connectivity index (χ4n) is 5.19. The summed E-state index contributed by atoms with van der Waals surface area (Å²) in [6, 6.07) is 0. The number of carbonyl (C=O) groups excluding carboxylic acids is 1. The van der Waals surface area contributed by atoms with Crippen LogP contribution >= 0.6 is 19.6 Å². The minimum absolute atomic E-state index is 0. The average Bonchev–Trinajstić information content (AvgIpc) is 3.05. The van der Waals surface area contributed by atoms with Gasteiger partial charge in [0.15, 0.2) is 0 Å². The second-order valence-electron chi connectivity index (χ2n) is 13.0. The molecule has 0 spiro atoms. The average molecular weight is 798 g/mol. The number of hydrogen-bond donors (Lipinski definition) is 2. The second-order valence-corrected chi connectivity index (χ2v) is 16.5. The number of carboxylic acids is 2. The highest BCUT2D eigenvalue weighted by Gasteiger charge is 1.98. The van der Waals surface area contributed by atoms with Crippen molar-refractivity contribution in [3.8, 4) is 0 Å². The zero-order valence-corrected chi connectivity index (χ0v) is 34.1. The number of rotatable bonds is 33. The Bertz CT molecular complexity index is 815. The summed E-state index contributed by atoms with van der Waals surface area (Å²) in [7, 11) is 0. The smallest absolute Gasteiger partial charge is 0.303 e. The molecule has 0 atom stereocenters. The molecule has 0 fully saturated rings. The first kappa shape index (κ1) is 51.1. The summed E-state index contributed by atoms with van der Waals surface area (Å²) in [5.41, 5.74) is 0. The van der Waals surface area contributed by atoms with Crippen molar-refractivity contribution >= 4 is 35.4 Å². The maximum atomic E-state index is 10.5. The highest BCUT2D eigenvalue weighted by Crippen LogP contribution is 2.14. The summed E-state index contributed by atoms with van der Waals surface area (Å²) in [6.07, 6.45) is 41.4. The third-order valence-electron chi connectivity index (χ3n) is 8.10. The number of aliphatic carboxylic acids is 2. The molecule has 7 nitrogen and oxygen atoms in total. The second kappa shape index (κ2) is 45.7. The molecule has 0 aliphatic carbocycles. The van der Waals surface area contributed by atoms with Crippen molar-refractivity contribution in [3.63, 3.8) is 0 Å². The van der Waals surface area contributed by atoms with Gasteiger partial charge in [0.1, 0.15) is 0 Å². The van der Waals surface area contributed by atoms with E-state index in [0.717, 1.165) is 25.7 Å². The molecule has 0 unspecified atom stereocenters. The number of carbonyl (C=O) groups is 3. The summed E-state index contributed by atoms with van der Waals surface area (Å²) < 4.78 is 13.8. The van der Waals surface area contributed by atoms with Gasteiger partial charge in [0.2, 0.25) is 23.4 Å². The van der Waals surface area contributed by atoms with Crippen molar-refractivity contribution in [2.75, 3.05) is 6.54 Å². The van der Waals surface area contributed by atoms with Gasteiger partial charge in [-0.05, 0) is 45.4 Å². The molecular weight excluding hydrogens is 717 g/mol. The van der Waals surface area contributed by atoms with Crippen LogP contribution in [0.1, 0.15) is 222 Å². The summed E-state index contributed by atoms with van der Waals surface area (Å²) in [5, 5.41) is 17.0. The van der Waals surface area contributed by atoms with Crippen LogP contribution < -0.4 is 0 Å². The van der Waals surface area contributed by atoms with E-state index in [0.29, 0.717) is 19.4 Å². The molecule has 8 heteroatoms. The lowest BCUT2D eigenvalue weighted by molar-refractivity contribution is -0.138. The van der Waals surface area contributed by atoms with E-state index in [1.54, 1.807) is 6.92 Å².